The van der Waals surface area contributed by atoms with Gasteiger partial charge in [-0.25, -0.2) is 15.0 Å². The number of nitrogens with one attached hydrogen (secondary N) is 1. The maximum Gasteiger partial charge on any atom is 0.274 e. The molecule has 1 aliphatic heterocycles. The minimum absolute atomic E-state index is 0.121. The molecule has 3 heterocycles. The van der Waals surface area contributed by atoms with Crippen LogP contribution in [0.5, 0.6) is 17.4 Å². The van der Waals surface area contributed by atoms with Crippen molar-refractivity contribution < 1.29 is 19.4 Å². The van der Waals surface area contributed by atoms with E-state index in [4.69, 9.17) is 4.74 Å². The number of anilines is 1. The Morgan fingerprint density at radius 2 is 1.90 bits per heavy atom. The highest BCUT2D eigenvalue weighted by molar-refractivity contribution is 6.04. The van der Waals surface area contributed by atoms with Gasteiger partial charge in [0.1, 0.15) is 17.2 Å². The van der Waals surface area contributed by atoms with Crippen LogP contribution in [0.4, 0.5) is 5.82 Å². The van der Waals surface area contributed by atoms with Gasteiger partial charge >= 0.3 is 0 Å². The second-order valence-electron chi connectivity index (χ2n) is 6.25. The van der Waals surface area contributed by atoms with Crippen LogP contribution in [-0.4, -0.2) is 54.8 Å². The fourth-order valence-corrected chi connectivity index (χ4v) is 2.61. The highest BCUT2D eigenvalue weighted by Gasteiger charge is 2.23. The van der Waals surface area contributed by atoms with Gasteiger partial charge in [-0.1, -0.05) is 0 Å². The van der Waals surface area contributed by atoms with Crippen LogP contribution in [0.2, 0.25) is 0 Å². The number of aromatic nitrogens is 4. The lowest BCUT2D eigenvalue weighted by atomic mass is 10.2. The number of ether oxygens (including phenoxy) is 1. The van der Waals surface area contributed by atoms with Gasteiger partial charge in [0.2, 0.25) is 5.88 Å². The zero-order valence-corrected chi connectivity index (χ0v) is 15.1. The Labute approximate surface area is 165 Å². The highest BCUT2D eigenvalue weighted by Crippen LogP contribution is 2.26. The first-order valence-electron chi connectivity index (χ1n) is 8.79. The van der Waals surface area contributed by atoms with Crippen LogP contribution in [-0.2, 0) is 0 Å². The summed E-state index contributed by atoms with van der Waals surface area (Å²) < 4.78 is 5.57. The smallest absolute Gasteiger partial charge is 0.274 e. The largest absolute Gasteiger partial charge is 0.508 e. The number of carbonyl (C=O) groups excluding carboxylic acids is 2. The lowest BCUT2D eigenvalue weighted by molar-refractivity contribution is 0.0645. The van der Waals surface area contributed by atoms with Crippen molar-refractivity contribution >= 4 is 17.6 Å². The molecule has 4 rings (SSSR count). The van der Waals surface area contributed by atoms with Crippen LogP contribution in [0.1, 0.15) is 27.3 Å². The third-order valence-electron chi connectivity index (χ3n) is 4.17. The van der Waals surface area contributed by atoms with Crippen molar-refractivity contribution in [3.63, 3.8) is 0 Å². The van der Waals surface area contributed by atoms with Gasteiger partial charge in [0.25, 0.3) is 11.8 Å². The van der Waals surface area contributed by atoms with Gasteiger partial charge < -0.3 is 20.1 Å². The molecule has 0 unspecified atom stereocenters. The molecule has 0 spiro atoms. The molecule has 10 heteroatoms. The minimum atomic E-state index is -0.493. The first-order valence-corrected chi connectivity index (χ1v) is 8.79. The summed E-state index contributed by atoms with van der Waals surface area (Å²) in [6.07, 6.45) is 7.97. The lowest BCUT2D eigenvalue weighted by Gasteiger charge is -2.30. The number of nitrogens with zero attached hydrogens (tertiary/aromatic N) is 5. The summed E-state index contributed by atoms with van der Waals surface area (Å²) in [7, 11) is 0. The highest BCUT2D eigenvalue weighted by atomic mass is 16.5. The van der Waals surface area contributed by atoms with E-state index in [0.717, 1.165) is 19.5 Å². The second kappa shape index (κ2) is 7.89. The normalized spacial score (nSPS) is 12.8. The standard InChI is InChI=1S/C19H16N6O4/c26-13-6-12(18(27)24-16-10-20-2-3-21-16)7-14(8-13)29-17-11-22-15(9-23-17)19(28)25-4-1-5-25/h2-3,6-11,26H,1,4-5H2,(H,21,24,27). The molecule has 10 nitrogen and oxygen atoms in total. The zero-order valence-electron chi connectivity index (χ0n) is 15.1. The number of likely N-dealkylation sites (tertiary alicyclic amines) is 1. The number of aromatic hydroxyl groups is 1. The molecule has 0 atom stereocenters. The van der Waals surface area contributed by atoms with Crippen LogP contribution in [0.3, 0.4) is 0 Å². The maximum atomic E-state index is 12.4. The SMILES string of the molecule is O=C(Nc1cnccn1)c1cc(O)cc(Oc2cnc(C(=O)N3CCC3)cn2)c1. The monoisotopic (exact) mass is 392 g/mol. The summed E-state index contributed by atoms with van der Waals surface area (Å²) in [6, 6.07) is 4.06. The van der Waals surface area contributed by atoms with Crippen LogP contribution >= 0.6 is 0 Å². The number of rotatable bonds is 5. The van der Waals surface area contributed by atoms with Crippen molar-refractivity contribution in [1.82, 2.24) is 24.8 Å². The number of hydrogen-bond donors (Lipinski definition) is 2. The predicted octanol–water partition coefficient (Wildman–Crippen LogP) is 1.86. The molecule has 2 amide bonds. The first kappa shape index (κ1) is 18.3. The fraction of sp³-hybridized carbons (Fsp3) is 0.158. The molecule has 1 aliphatic rings. The Bertz CT molecular complexity index is 1040. The van der Waals surface area contributed by atoms with Gasteiger partial charge in [-0.05, 0) is 18.6 Å². The Morgan fingerprint density at radius 3 is 2.55 bits per heavy atom. The molecule has 0 saturated carbocycles. The van der Waals surface area contributed by atoms with Gasteiger partial charge in [0.15, 0.2) is 5.82 Å². The van der Waals surface area contributed by atoms with E-state index in [1.54, 1.807) is 4.90 Å². The van der Waals surface area contributed by atoms with Crippen molar-refractivity contribution in [3.8, 4) is 17.4 Å². The molecular formula is C19H16N6O4. The number of phenolic OH excluding ortho intramolecular Hbond substituents is 1. The van der Waals surface area contributed by atoms with Gasteiger partial charge in [-0.15, -0.1) is 0 Å². The first-order chi connectivity index (χ1) is 14.1. The van der Waals surface area contributed by atoms with Gasteiger partial charge in [-0.3, -0.25) is 14.6 Å². The Hall–Kier alpha value is -4.08. The van der Waals surface area contributed by atoms with E-state index in [-0.39, 0.29) is 40.4 Å². The summed E-state index contributed by atoms with van der Waals surface area (Å²) in [5.41, 5.74) is 0.389. The molecule has 146 valence electrons. The molecule has 2 N–H and O–H groups in total. The third kappa shape index (κ3) is 4.26. The van der Waals surface area contributed by atoms with E-state index < -0.39 is 5.91 Å². The number of phenols is 1. The Morgan fingerprint density at radius 1 is 1.03 bits per heavy atom. The van der Waals surface area contributed by atoms with Crippen LogP contribution in [0.15, 0.2) is 49.2 Å². The van der Waals surface area contributed by atoms with E-state index in [9.17, 15) is 14.7 Å². The summed E-state index contributed by atoms with van der Waals surface area (Å²) in [6.45, 7) is 1.45. The molecule has 29 heavy (non-hydrogen) atoms. The molecule has 1 aromatic carbocycles. The fourth-order valence-electron chi connectivity index (χ4n) is 2.61. The summed E-state index contributed by atoms with van der Waals surface area (Å²) in [5.74, 6) is -0.245. The predicted molar refractivity (Wildman–Crippen MR) is 101 cm³/mol. The van der Waals surface area contributed by atoms with Gasteiger partial charge in [0.05, 0.1) is 18.6 Å². The number of hydrogen-bond acceptors (Lipinski definition) is 8. The van der Waals surface area contributed by atoms with Crippen LogP contribution in [0.25, 0.3) is 0 Å². The van der Waals surface area contributed by atoms with Crippen LogP contribution < -0.4 is 10.1 Å². The van der Waals surface area contributed by atoms with Crippen molar-refractivity contribution in [1.29, 1.82) is 0 Å². The van der Waals surface area contributed by atoms with Gasteiger partial charge in [-0.2, -0.15) is 0 Å². The minimum Gasteiger partial charge on any atom is -0.508 e. The van der Waals surface area contributed by atoms with E-state index in [1.807, 2.05) is 0 Å². The van der Waals surface area contributed by atoms with Gasteiger partial charge in [0, 0.05) is 37.1 Å². The molecule has 0 bridgehead atoms. The van der Waals surface area contributed by atoms with Crippen molar-refractivity contribution in [2.75, 3.05) is 18.4 Å². The molecule has 2 aromatic heterocycles. The average molecular weight is 392 g/mol. The number of amides is 2. The second-order valence-corrected chi connectivity index (χ2v) is 6.25. The van der Waals surface area contributed by atoms with Crippen molar-refractivity contribution in [2.45, 2.75) is 6.42 Å². The summed E-state index contributed by atoms with van der Waals surface area (Å²) in [5, 5.41) is 12.5. The quantitative estimate of drug-likeness (QED) is 0.673. The van der Waals surface area contributed by atoms with E-state index in [1.165, 1.54) is 49.2 Å². The Balaban J connectivity index is 1.47. The maximum absolute atomic E-state index is 12.4. The molecule has 1 saturated heterocycles. The number of benzene rings is 1. The Kier molecular flexibility index (Phi) is 4.97. The molecule has 3 aromatic rings. The molecule has 0 radical (unpaired) electrons. The summed E-state index contributed by atoms with van der Waals surface area (Å²) >= 11 is 0. The number of carbonyl (C=O) groups is 2. The zero-order chi connectivity index (χ0) is 20.2. The summed E-state index contributed by atoms with van der Waals surface area (Å²) in [4.78, 5) is 42.1. The average Bonchev–Trinajstić information content (AvgIpc) is 2.67. The molecular weight excluding hydrogens is 376 g/mol. The molecule has 1 fully saturated rings. The van der Waals surface area contributed by atoms with E-state index >= 15 is 0 Å². The van der Waals surface area contributed by atoms with E-state index in [0.29, 0.717) is 0 Å². The van der Waals surface area contributed by atoms with Crippen molar-refractivity contribution in [2.24, 2.45) is 0 Å². The topological polar surface area (TPSA) is 130 Å². The third-order valence-corrected chi connectivity index (χ3v) is 4.17. The van der Waals surface area contributed by atoms with Crippen LogP contribution in [0, 0.1) is 0 Å². The van der Waals surface area contributed by atoms with E-state index in [2.05, 4.69) is 25.3 Å². The molecule has 0 aliphatic carbocycles. The lowest BCUT2D eigenvalue weighted by Crippen LogP contribution is -2.42. The van der Waals surface area contributed by atoms with Crippen molar-refractivity contribution in [3.05, 3.63) is 60.4 Å².